The quantitative estimate of drug-likeness (QED) is 0.593. The van der Waals surface area contributed by atoms with E-state index in [1.807, 2.05) is 0 Å². The van der Waals surface area contributed by atoms with Crippen molar-refractivity contribution in [2.24, 2.45) is 0 Å². The van der Waals surface area contributed by atoms with Crippen LogP contribution in [-0.2, 0) is 4.74 Å². The van der Waals surface area contributed by atoms with Gasteiger partial charge in [0.1, 0.15) is 0 Å². The van der Waals surface area contributed by atoms with Gasteiger partial charge in [-0.3, -0.25) is 0 Å². The first-order valence-electron chi connectivity index (χ1n) is 5.37. The molecule has 13 heavy (non-hydrogen) atoms. The van der Waals surface area contributed by atoms with E-state index in [0.29, 0.717) is 6.61 Å². The van der Waals surface area contributed by atoms with Crippen molar-refractivity contribution in [2.45, 2.75) is 58.5 Å². The average molecular weight is 188 g/mol. The van der Waals surface area contributed by atoms with Gasteiger partial charge in [0, 0.05) is 13.2 Å². The smallest absolute Gasteiger partial charge is 0.0626 e. The van der Waals surface area contributed by atoms with Gasteiger partial charge >= 0.3 is 0 Å². The third kappa shape index (κ3) is 8.26. The van der Waals surface area contributed by atoms with Crippen LogP contribution in [0.1, 0.15) is 52.9 Å². The molecule has 0 heterocycles. The van der Waals surface area contributed by atoms with Crippen molar-refractivity contribution >= 4 is 0 Å². The molecule has 0 saturated carbocycles. The van der Waals surface area contributed by atoms with Gasteiger partial charge in [-0.15, -0.1) is 0 Å². The van der Waals surface area contributed by atoms with Crippen molar-refractivity contribution in [3.05, 3.63) is 0 Å². The molecule has 0 atom stereocenters. The van der Waals surface area contributed by atoms with E-state index in [1.165, 1.54) is 6.42 Å². The van der Waals surface area contributed by atoms with E-state index >= 15 is 0 Å². The fourth-order valence-corrected chi connectivity index (χ4v) is 1.41. The number of hydrogen-bond donors (Lipinski definition) is 1. The zero-order valence-electron chi connectivity index (χ0n) is 9.31. The number of aliphatic hydroxyl groups excluding tert-OH is 1. The third-order valence-corrected chi connectivity index (χ3v) is 2.15. The molecule has 0 unspecified atom stereocenters. The van der Waals surface area contributed by atoms with E-state index in [2.05, 4.69) is 20.8 Å². The van der Waals surface area contributed by atoms with E-state index < -0.39 is 0 Å². The van der Waals surface area contributed by atoms with Gasteiger partial charge in [0.05, 0.1) is 5.60 Å². The largest absolute Gasteiger partial charge is 0.396 e. The Hall–Kier alpha value is -0.0800. The molecule has 0 aromatic heterocycles. The summed E-state index contributed by atoms with van der Waals surface area (Å²) in [6.45, 7) is 7.59. The van der Waals surface area contributed by atoms with E-state index in [0.717, 1.165) is 32.3 Å². The van der Waals surface area contributed by atoms with Crippen LogP contribution in [0.3, 0.4) is 0 Å². The van der Waals surface area contributed by atoms with Crippen LogP contribution >= 0.6 is 0 Å². The molecule has 0 fully saturated rings. The molecule has 0 saturated heterocycles. The van der Waals surface area contributed by atoms with Crippen LogP contribution < -0.4 is 0 Å². The highest BCUT2D eigenvalue weighted by Gasteiger charge is 2.15. The maximum Gasteiger partial charge on any atom is 0.0626 e. The molecule has 0 bridgehead atoms. The molecule has 0 aliphatic carbocycles. The molecule has 0 aliphatic rings. The molecular formula is C11H24O2. The highest BCUT2D eigenvalue weighted by Crippen LogP contribution is 2.16. The van der Waals surface area contributed by atoms with Crippen LogP contribution in [-0.4, -0.2) is 23.9 Å². The number of aliphatic hydroxyl groups is 1. The summed E-state index contributed by atoms with van der Waals surface area (Å²) >= 11 is 0. The zero-order valence-corrected chi connectivity index (χ0v) is 9.31. The van der Waals surface area contributed by atoms with Crippen LogP contribution in [0.4, 0.5) is 0 Å². The molecular weight excluding hydrogens is 164 g/mol. The fraction of sp³-hybridized carbons (Fsp3) is 1.00. The molecule has 0 rings (SSSR count). The van der Waals surface area contributed by atoms with E-state index in [1.54, 1.807) is 0 Å². The normalized spacial score (nSPS) is 12.0. The van der Waals surface area contributed by atoms with Gasteiger partial charge in [-0.1, -0.05) is 13.3 Å². The Bertz CT molecular complexity index is 111. The summed E-state index contributed by atoms with van der Waals surface area (Å²) in [6.07, 6.45) is 5.32. The van der Waals surface area contributed by atoms with Gasteiger partial charge in [-0.25, -0.2) is 0 Å². The summed E-state index contributed by atoms with van der Waals surface area (Å²) in [7, 11) is 0. The van der Waals surface area contributed by atoms with Gasteiger partial charge < -0.3 is 9.84 Å². The first kappa shape index (κ1) is 12.9. The lowest BCUT2D eigenvalue weighted by molar-refractivity contribution is -0.0256. The number of rotatable bonds is 8. The van der Waals surface area contributed by atoms with E-state index in [-0.39, 0.29) is 5.60 Å². The minimum absolute atomic E-state index is 0.0357. The van der Waals surface area contributed by atoms with Gasteiger partial charge in [0.25, 0.3) is 0 Å². The van der Waals surface area contributed by atoms with Gasteiger partial charge in [0.2, 0.25) is 0 Å². The Morgan fingerprint density at radius 3 is 2.38 bits per heavy atom. The molecule has 0 radical (unpaired) electrons. The van der Waals surface area contributed by atoms with Crippen LogP contribution in [0, 0.1) is 0 Å². The monoisotopic (exact) mass is 188 g/mol. The Labute approximate surface area is 82.3 Å². The van der Waals surface area contributed by atoms with Crippen molar-refractivity contribution in [3.8, 4) is 0 Å². The minimum Gasteiger partial charge on any atom is -0.396 e. The highest BCUT2D eigenvalue weighted by atomic mass is 16.5. The fourth-order valence-electron chi connectivity index (χ4n) is 1.41. The van der Waals surface area contributed by atoms with Crippen LogP contribution in [0.15, 0.2) is 0 Å². The topological polar surface area (TPSA) is 29.5 Å². The Morgan fingerprint density at radius 2 is 1.85 bits per heavy atom. The van der Waals surface area contributed by atoms with Gasteiger partial charge in [-0.05, 0) is 39.5 Å². The molecule has 0 aromatic carbocycles. The highest BCUT2D eigenvalue weighted by molar-refractivity contribution is 4.66. The summed E-state index contributed by atoms with van der Waals surface area (Å²) in [5, 5.41) is 8.57. The second-order valence-electron chi connectivity index (χ2n) is 4.14. The van der Waals surface area contributed by atoms with E-state index in [9.17, 15) is 0 Å². The molecule has 0 spiro atoms. The zero-order chi connectivity index (χ0) is 10.2. The maximum atomic E-state index is 8.57. The van der Waals surface area contributed by atoms with Crippen molar-refractivity contribution < 1.29 is 9.84 Å². The van der Waals surface area contributed by atoms with Gasteiger partial charge in [0.15, 0.2) is 0 Å². The first-order valence-corrected chi connectivity index (χ1v) is 5.37. The molecule has 80 valence electrons. The number of ether oxygens (including phenoxy) is 1. The van der Waals surface area contributed by atoms with E-state index in [4.69, 9.17) is 9.84 Å². The van der Waals surface area contributed by atoms with Gasteiger partial charge in [-0.2, -0.15) is 0 Å². The number of hydrogen-bond acceptors (Lipinski definition) is 2. The second kappa shape index (κ2) is 7.34. The van der Waals surface area contributed by atoms with Crippen LogP contribution in [0.5, 0.6) is 0 Å². The molecule has 2 nitrogen and oxygen atoms in total. The van der Waals surface area contributed by atoms with Crippen molar-refractivity contribution in [1.29, 1.82) is 0 Å². The Morgan fingerprint density at radius 1 is 1.15 bits per heavy atom. The summed E-state index contributed by atoms with van der Waals surface area (Å²) in [4.78, 5) is 0. The summed E-state index contributed by atoms with van der Waals surface area (Å²) in [5.41, 5.74) is 0.0357. The third-order valence-electron chi connectivity index (χ3n) is 2.15. The SMILES string of the molecule is CCCC(C)(C)OCCCCCO. The standard InChI is InChI=1S/C11H24O2/c1-4-8-11(2,3)13-10-7-5-6-9-12/h12H,4-10H2,1-3H3. The molecule has 1 N–H and O–H groups in total. The predicted molar refractivity (Wildman–Crippen MR) is 55.9 cm³/mol. The Balaban J connectivity index is 3.29. The van der Waals surface area contributed by atoms with Crippen molar-refractivity contribution in [3.63, 3.8) is 0 Å². The van der Waals surface area contributed by atoms with Crippen LogP contribution in [0.25, 0.3) is 0 Å². The lowest BCUT2D eigenvalue weighted by Crippen LogP contribution is -2.24. The first-order chi connectivity index (χ1) is 6.12. The van der Waals surface area contributed by atoms with Crippen molar-refractivity contribution in [1.82, 2.24) is 0 Å². The second-order valence-corrected chi connectivity index (χ2v) is 4.14. The maximum absolute atomic E-state index is 8.57. The van der Waals surface area contributed by atoms with Crippen molar-refractivity contribution in [2.75, 3.05) is 13.2 Å². The molecule has 2 heteroatoms. The lowest BCUT2D eigenvalue weighted by Gasteiger charge is -2.24. The minimum atomic E-state index is 0.0357. The summed E-state index contributed by atoms with van der Waals surface area (Å²) < 4.78 is 5.73. The lowest BCUT2D eigenvalue weighted by atomic mass is 10.0. The predicted octanol–water partition coefficient (Wildman–Crippen LogP) is 2.74. The molecule has 0 aliphatic heterocycles. The summed E-state index contributed by atoms with van der Waals surface area (Å²) in [5.74, 6) is 0. The van der Waals surface area contributed by atoms with Crippen LogP contribution in [0.2, 0.25) is 0 Å². The molecule has 0 amide bonds. The molecule has 0 aromatic rings. The number of unbranched alkanes of at least 4 members (excludes halogenated alkanes) is 2. The Kier molecular flexibility index (Phi) is 7.29. The average Bonchev–Trinajstić information content (AvgIpc) is 2.04. The summed E-state index contributed by atoms with van der Waals surface area (Å²) in [6, 6.07) is 0.